The van der Waals surface area contributed by atoms with Crippen LogP contribution in [0.2, 0.25) is 0 Å². The van der Waals surface area contributed by atoms with Crippen molar-refractivity contribution in [2.24, 2.45) is 5.73 Å². The second-order valence-corrected chi connectivity index (χ2v) is 4.38. The van der Waals surface area contributed by atoms with Gasteiger partial charge in [0.15, 0.2) is 11.6 Å². The third kappa shape index (κ3) is 2.31. The Hall–Kier alpha value is -1.62. The molecule has 4 nitrogen and oxygen atoms in total. The summed E-state index contributed by atoms with van der Waals surface area (Å²) in [5.41, 5.74) is 6.08. The standard InChI is InChI=1S/C13H17FN2O2/c1-18-12-7-9(4-5-11(12)14)13(17)16-6-2-3-10(16)8-15/h4-5,7,10H,2-3,6,8,15H2,1H3. The number of hydrogen-bond acceptors (Lipinski definition) is 3. The second-order valence-electron chi connectivity index (χ2n) is 4.38. The van der Waals surface area contributed by atoms with Gasteiger partial charge in [-0.2, -0.15) is 0 Å². The second kappa shape index (κ2) is 5.35. The zero-order chi connectivity index (χ0) is 13.1. The number of ether oxygens (including phenoxy) is 1. The Morgan fingerprint density at radius 2 is 2.39 bits per heavy atom. The fraction of sp³-hybridized carbons (Fsp3) is 0.462. The van der Waals surface area contributed by atoms with Gasteiger partial charge < -0.3 is 15.4 Å². The summed E-state index contributed by atoms with van der Waals surface area (Å²) < 4.78 is 18.2. The lowest BCUT2D eigenvalue weighted by atomic mass is 10.1. The van der Waals surface area contributed by atoms with Crippen molar-refractivity contribution in [3.05, 3.63) is 29.6 Å². The number of nitrogens with zero attached hydrogens (tertiary/aromatic N) is 1. The number of hydrogen-bond donors (Lipinski definition) is 1. The van der Waals surface area contributed by atoms with Crippen LogP contribution in [0.1, 0.15) is 23.2 Å². The van der Waals surface area contributed by atoms with Crippen LogP contribution in [0, 0.1) is 5.82 Å². The Morgan fingerprint density at radius 3 is 3.06 bits per heavy atom. The average molecular weight is 252 g/mol. The predicted octanol–water partition coefficient (Wildman–Crippen LogP) is 1.40. The zero-order valence-electron chi connectivity index (χ0n) is 10.4. The highest BCUT2D eigenvalue weighted by Crippen LogP contribution is 2.23. The normalized spacial score (nSPS) is 19.1. The molecule has 5 heteroatoms. The summed E-state index contributed by atoms with van der Waals surface area (Å²) in [5.74, 6) is -0.489. The van der Waals surface area contributed by atoms with E-state index < -0.39 is 5.82 Å². The third-order valence-corrected chi connectivity index (χ3v) is 3.31. The molecule has 0 spiro atoms. The Morgan fingerprint density at radius 1 is 1.61 bits per heavy atom. The fourth-order valence-electron chi connectivity index (χ4n) is 2.31. The molecule has 18 heavy (non-hydrogen) atoms. The molecule has 0 aliphatic carbocycles. The molecule has 0 aromatic heterocycles. The van der Waals surface area contributed by atoms with E-state index in [-0.39, 0.29) is 17.7 Å². The maximum Gasteiger partial charge on any atom is 0.254 e. The third-order valence-electron chi connectivity index (χ3n) is 3.31. The smallest absolute Gasteiger partial charge is 0.254 e. The largest absolute Gasteiger partial charge is 0.494 e. The Bertz CT molecular complexity index is 451. The van der Waals surface area contributed by atoms with E-state index in [9.17, 15) is 9.18 Å². The molecule has 2 N–H and O–H groups in total. The first-order chi connectivity index (χ1) is 8.67. The van der Waals surface area contributed by atoms with Gasteiger partial charge in [-0.3, -0.25) is 4.79 Å². The summed E-state index contributed by atoms with van der Waals surface area (Å²) in [6, 6.07) is 4.25. The molecule has 1 aromatic carbocycles. The molecule has 1 aliphatic rings. The zero-order valence-corrected chi connectivity index (χ0v) is 10.4. The van der Waals surface area contributed by atoms with Crippen molar-refractivity contribution < 1.29 is 13.9 Å². The highest BCUT2D eigenvalue weighted by atomic mass is 19.1. The lowest BCUT2D eigenvalue weighted by Gasteiger charge is -2.23. The number of halogens is 1. The molecule has 2 rings (SSSR count). The molecule has 1 heterocycles. The first-order valence-corrected chi connectivity index (χ1v) is 6.02. The van der Waals surface area contributed by atoms with Crippen molar-refractivity contribution in [2.75, 3.05) is 20.2 Å². The molecule has 1 fully saturated rings. The number of rotatable bonds is 3. The van der Waals surface area contributed by atoms with Crippen LogP contribution in [0.5, 0.6) is 5.75 Å². The molecular formula is C13H17FN2O2. The molecule has 0 bridgehead atoms. The SMILES string of the molecule is COc1cc(C(=O)N2CCCC2CN)ccc1F. The summed E-state index contributed by atoms with van der Waals surface area (Å²) >= 11 is 0. The summed E-state index contributed by atoms with van der Waals surface area (Å²) in [7, 11) is 1.38. The number of likely N-dealkylation sites (tertiary alicyclic amines) is 1. The van der Waals surface area contributed by atoms with Gasteiger partial charge in [-0.05, 0) is 31.0 Å². The van der Waals surface area contributed by atoms with Gasteiger partial charge in [-0.15, -0.1) is 0 Å². The minimum atomic E-state index is -0.467. The van der Waals surface area contributed by atoms with E-state index in [1.165, 1.54) is 25.3 Å². The molecule has 1 atom stereocenters. The van der Waals surface area contributed by atoms with Crippen LogP contribution >= 0.6 is 0 Å². The van der Waals surface area contributed by atoms with Gasteiger partial charge >= 0.3 is 0 Å². The Balaban J connectivity index is 2.23. The summed E-state index contributed by atoms with van der Waals surface area (Å²) in [5, 5.41) is 0. The van der Waals surface area contributed by atoms with Crippen LogP contribution in [0.15, 0.2) is 18.2 Å². The molecule has 98 valence electrons. The van der Waals surface area contributed by atoms with E-state index in [0.29, 0.717) is 18.7 Å². The van der Waals surface area contributed by atoms with Crippen molar-refractivity contribution in [3.63, 3.8) is 0 Å². The molecular weight excluding hydrogens is 235 g/mol. The van der Waals surface area contributed by atoms with Gasteiger partial charge in [-0.25, -0.2) is 4.39 Å². The minimum Gasteiger partial charge on any atom is -0.494 e. The minimum absolute atomic E-state index is 0.0874. The number of carbonyl (C=O) groups excluding carboxylic acids is 1. The van der Waals surface area contributed by atoms with Crippen LogP contribution in [-0.2, 0) is 0 Å². The van der Waals surface area contributed by atoms with Crippen LogP contribution in [0.25, 0.3) is 0 Å². The Kier molecular flexibility index (Phi) is 3.81. The maximum atomic E-state index is 13.3. The Labute approximate surface area is 106 Å². The van der Waals surface area contributed by atoms with Crippen LogP contribution in [-0.4, -0.2) is 37.0 Å². The molecule has 1 saturated heterocycles. The number of amides is 1. The monoisotopic (exact) mass is 252 g/mol. The maximum absolute atomic E-state index is 13.3. The van der Waals surface area contributed by atoms with E-state index in [2.05, 4.69) is 0 Å². The fourth-order valence-corrected chi connectivity index (χ4v) is 2.31. The number of carbonyl (C=O) groups is 1. The number of benzene rings is 1. The van der Waals surface area contributed by atoms with Crippen LogP contribution < -0.4 is 10.5 Å². The van der Waals surface area contributed by atoms with Gasteiger partial charge in [0.25, 0.3) is 5.91 Å². The van der Waals surface area contributed by atoms with Gasteiger partial charge in [-0.1, -0.05) is 0 Å². The summed E-state index contributed by atoms with van der Waals surface area (Å²) in [6.45, 7) is 1.17. The summed E-state index contributed by atoms with van der Waals surface area (Å²) in [6.07, 6.45) is 1.90. The highest BCUT2D eigenvalue weighted by Gasteiger charge is 2.28. The first kappa shape index (κ1) is 12.8. The van der Waals surface area contributed by atoms with Crippen molar-refractivity contribution in [1.82, 2.24) is 4.90 Å². The molecule has 1 amide bonds. The van der Waals surface area contributed by atoms with Crippen molar-refractivity contribution in [2.45, 2.75) is 18.9 Å². The van der Waals surface area contributed by atoms with Crippen molar-refractivity contribution >= 4 is 5.91 Å². The molecule has 0 saturated carbocycles. The highest BCUT2D eigenvalue weighted by molar-refractivity contribution is 5.95. The van der Waals surface area contributed by atoms with Gasteiger partial charge in [0, 0.05) is 24.7 Å². The van der Waals surface area contributed by atoms with Crippen molar-refractivity contribution in [1.29, 1.82) is 0 Å². The van der Waals surface area contributed by atoms with E-state index in [1.807, 2.05) is 0 Å². The van der Waals surface area contributed by atoms with Gasteiger partial charge in [0.2, 0.25) is 0 Å². The van der Waals surface area contributed by atoms with E-state index in [1.54, 1.807) is 4.90 Å². The van der Waals surface area contributed by atoms with E-state index in [4.69, 9.17) is 10.5 Å². The summed E-state index contributed by atoms with van der Waals surface area (Å²) in [4.78, 5) is 14.0. The van der Waals surface area contributed by atoms with E-state index in [0.717, 1.165) is 12.8 Å². The number of nitrogens with two attached hydrogens (primary N) is 1. The van der Waals surface area contributed by atoms with Gasteiger partial charge in [0.1, 0.15) is 0 Å². The number of methoxy groups -OCH3 is 1. The molecule has 1 aliphatic heterocycles. The predicted molar refractivity (Wildman–Crippen MR) is 66.1 cm³/mol. The van der Waals surface area contributed by atoms with Crippen molar-refractivity contribution in [3.8, 4) is 5.75 Å². The lowest BCUT2D eigenvalue weighted by Crippen LogP contribution is -2.39. The molecule has 1 aromatic rings. The molecule has 0 radical (unpaired) electrons. The van der Waals surface area contributed by atoms with Crippen LogP contribution in [0.4, 0.5) is 4.39 Å². The quantitative estimate of drug-likeness (QED) is 0.884. The topological polar surface area (TPSA) is 55.6 Å². The lowest BCUT2D eigenvalue weighted by molar-refractivity contribution is 0.0740. The van der Waals surface area contributed by atoms with Crippen LogP contribution in [0.3, 0.4) is 0 Å². The average Bonchev–Trinajstić information content (AvgIpc) is 2.86. The van der Waals surface area contributed by atoms with Gasteiger partial charge in [0.05, 0.1) is 7.11 Å². The van der Waals surface area contributed by atoms with E-state index >= 15 is 0 Å². The molecule has 1 unspecified atom stereocenters. The first-order valence-electron chi connectivity index (χ1n) is 6.02.